The molecule has 8 atom stereocenters. The van der Waals surface area contributed by atoms with Crippen LogP contribution in [-0.2, 0) is 51.2 Å². The number of guanidine groups is 1. The monoisotopic (exact) mass is 928 g/mol. The number of H-pyrrole nitrogens is 1. The van der Waals surface area contributed by atoms with Crippen molar-refractivity contribution in [2.45, 2.75) is 126 Å². The predicted octanol–water partition coefficient (Wildman–Crippen LogP) is -4.44. The summed E-state index contributed by atoms with van der Waals surface area (Å²) in [6.07, 6.45) is 2.44. The third kappa shape index (κ3) is 17.6. The molecule has 25 nitrogen and oxygen atoms in total. The Labute approximate surface area is 380 Å². The summed E-state index contributed by atoms with van der Waals surface area (Å²) in [5.74, 6) is -7.56. The number of nitrogens with one attached hydrogen (secondary N) is 6. The molecule has 0 unspecified atom stereocenters. The minimum atomic E-state index is -1.70. The molecule has 2 heterocycles. The molecule has 3 rings (SSSR count). The number of aromatic hydroxyl groups is 1. The lowest BCUT2D eigenvalue weighted by atomic mass is 10.0. The molecule has 364 valence electrons. The summed E-state index contributed by atoms with van der Waals surface area (Å²) in [5.41, 5.74) is 28.6. The molecule has 1 aromatic heterocycles. The van der Waals surface area contributed by atoms with E-state index in [2.05, 4.69) is 41.5 Å². The van der Waals surface area contributed by atoms with Crippen molar-refractivity contribution in [1.29, 1.82) is 0 Å². The lowest BCUT2D eigenvalue weighted by Gasteiger charge is -2.31. The number of carbonyl (C=O) groups excluding carboxylic acids is 7. The summed E-state index contributed by atoms with van der Waals surface area (Å²) in [7, 11) is 0. The molecular formula is C41H64N14O11. The van der Waals surface area contributed by atoms with Crippen LogP contribution in [0.5, 0.6) is 5.75 Å². The van der Waals surface area contributed by atoms with Gasteiger partial charge < -0.3 is 80.5 Å². The molecule has 2 aromatic rings. The zero-order valence-electron chi connectivity index (χ0n) is 36.8. The largest absolute Gasteiger partial charge is 0.508 e. The number of aromatic nitrogens is 2. The molecule has 0 radical (unpaired) electrons. The summed E-state index contributed by atoms with van der Waals surface area (Å²) >= 11 is 0. The fourth-order valence-corrected chi connectivity index (χ4v) is 7.09. The maximum absolute atomic E-state index is 14.1. The van der Waals surface area contributed by atoms with Gasteiger partial charge in [0.25, 0.3) is 0 Å². The van der Waals surface area contributed by atoms with Gasteiger partial charge in [-0.2, -0.15) is 0 Å². The highest BCUT2D eigenvalue weighted by molar-refractivity contribution is 5.97. The average Bonchev–Trinajstić information content (AvgIpc) is 3.98. The van der Waals surface area contributed by atoms with E-state index in [1.54, 1.807) is 0 Å². The Balaban J connectivity index is 1.86. The van der Waals surface area contributed by atoms with Crippen LogP contribution in [0.1, 0.15) is 76.0 Å². The summed E-state index contributed by atoms with van der Waals surface area (Å²) < 4.78 is 0. The molecule has 0 aliphatic carbocycles. The number of hydrogen-bond donors (Lipinski definition) is 14. The Bertz CT molecular complexity index is 1980. The first kappa shape index (κ1) is 53.5. The number of likely N-dealkylation sites (tertiary alicyclic amines) is 1. The van der Waals surface area contributed by atoms with Gasteiger partial charge >= 0.3 is 5.97 Å². The zero-order chi connectivity index (χ0) is 48.9. The van der Waals surface area contributed by atoms with Gasteiger partial charge in [0.2, 0.25) is 41.4 Å². The number of primary amides is 1. The van der Waals surface area contributed by atoms with Gasteiger partial charge in [-0.25, -0.2) is 9.78 Å². The fourth-order valence-electron chi connectivity index (χ4n) is 7.09. The number of imidazole rings is 1. The molecule has 19 N–H and O–H groups in total. The van der Waals surface area contributed by atoms with Gasteiger partial charge in [-0.05, 0) is 76.1 Å². The van der Waals surface area contributed by atoms with Crippen molar-refractivity contribution in [2.75, 3.05) is 19.6 Å². The highest BCUT2D eigenvalue weighted by Gasteiger charge is 2.41. The van der Waals surface area contributed by atoms with Crippen LogP contribution in [0.25, 0.3) is 0 Å². The molecule has 1 aromatic carbocycles. The molecule has 25 heteroatoms. The number of amides is 7. The Morgan fingerprint density at radius 3 is 2.09 bits per heavy atom. The highest BCUT2D eigenvalue weighted by atomic mass is 16.4. The second-order valence-electron chi connectivity index (χ2n) is 16.0. The second kappa shape index (κ2) is 26.8. The van der Waals surface area contributed by atoms with E-state index in [0.717, 1.165) is 0 Å². The van der Waals surface area contributed by atoms with Crippen LogP contribution >= 0.6 is 0 Å². The number of phenols is 1. The van der Waals surface area contributed by atoms with Gasteiger partial charge in [-0.15, -0.1) is 0 Å². The summed E-state index contributed by atoms with van der Waals surface area (Å²) in [4.78, 5) is 118. The number of hydrogen-bond acceptors (Lipinski definition) is 14. The molecule has 7 amide bonds. The van der Waals surface area contributed by atoms with Gasteiger partial charge in [0.05, 0.1) is 18.5 Å². The van der Waals surface area contributed by atoms with E-state index in [1.165, 1.54) is 48.6 Å². The highest BCUT2D eigenvalue weighted by Crippen LogP contribution is 2.21. The van der Waals surface area contributed by atoms with Gasteiger partial charge in [-0.3, -0.25) is 38.6 Å². The SMILES string of the molecule is C[C@@H](O)[C@H](NC(=O)[C@@H]1CCCN1C(=O)[C@H](Cc1cnc[nH]1)NC(=O)[C@@H](N)CCCCN)C(=O)N[C@@H](Cc1ccc(O)cc1)C(=O)N[C@@H](CCCN=C(N)N)C(=O)N[C@@H](CCC(N)=O)C(=O)O. The van der Waals surface area contributed by atoms with E-state index in [-0.39, 0.29) is 69.7 Å². The number of aliphatic hydroxyl groups excluding tert-OH is 1. The van der Waals surface area contributed by atoms with Crippen LogP contribution < -0.4 is 55.3 Å². The van der Waals surface area contributed by atoms with E-state index in [9.17, 15) is 53.7 Å². The Morgan fingerprint density at radius 2 is 1.48 bits per heavy atom. The average molecular weight is 929 g/mol. The third-order valence-electron chi connectivity index (χ3n) is 10.7. The number of aliphatic carboxylic acids is 1. The number of carbonyl (C=O) groups is 8. The molecule has 66 heavy (non-hydrogen) atoms. The van der Waals surface area contributed by atoms with Gasteiger partial charge in [0.1, 0.15) is 42.0 Å². The molecule has 1 fully saturated rings. The van der Waals surface area contributed by atoms with Gasteiger partial charge in [0, 0.05) is 44.2 Å². The summed E-state index contributed by atoms with van der Waals surface area (Å²) in [6.45, 7) is 1.78. The van der Waals surface area contributed by atoms with Crippen molar-refractivity contribution in [2.24, 2.45) is 33.7 Å². The summed E-state index contributed by atoms with van der Waals surface area (Å²) in [6, 6.07) is -3.85. The van der Waals surface area contributed by atoms with E-state index >= 15 is 0 Å². The minimum absolute atomic E-state index is 0.0116. The summed E-state index contributed by atoms with van der Waals surface area (Å²) in [5, 5.41) is 43.0. The molecule has 1 aliphatic rings. The molecule has 1 aliphatic heterocycles. The number of nitrogens with zero attached hydrogens (tertiary/aromatic N) is 3. The number of aromatic amines is 1. The van der Waals surface area contributed by atoms with Crippen LogP contribution in [0.2, 0.25) is 0 Å². The van der Waals surface area contributed by atoms with Crippen LogP contribution in [0.4, 0.5) is 0 Å². The molecular weight excluding hydrogens is 865 g/mol. The van der Waals surface area contributed by atoms with Crippen molar-refractivity contribution in [3.8, 4) is 5.75 Å². The van der Waals surface area contributed by atoms with Crippen LogP contribution in [0.3, 0.4) is 0 Å². The molecule has 0 saturated carbocycles. The number of benzene rings is 1. The van der Waals surface area contributed by atoms with Crippen LogP contribution in [0.15, 0.2) is 41.8 Å². The number of aliphatic imine (C=N–C) groups is 1. The first-order chi connectivity index (χ1) is 31.3. The minimum Gasteiger partial charge on any atom is -0.508 e. The van der Waals surface area contributed by atoms with Crippen molar-refractivity contribution >= 4 is 53.3 Å². The van der Waals surface area contributed by atoms with Crippen molar-refractivity contribution in [1.82, 2.24) is 41.5 Å². The normalized spacial score (nSPS) is 16.5. The number of carboxylic acids is 1. The van der Waals surface area contributed by atoms with Crippen molar-refractivity contribution < 1.29 is 53.7 Å². The first-order valence-corrected chi connectivity index (χ1v) is 21.6. The number of aliphatic hydroxyl groups is 1. The Kier molecular flexibility index (Phi) is 21.7. The zero-order valence-corrected chi connectivity index (χ0v) is 36.8. The third-order valence-corrected chi connectivity index (χ3v) is 10.7. The van der Waals surface area contributed by atoms with Crippen LogP contribution in [0, 0.1) is 0 Å². The molecule has 1 saturated heterocycles. The van der Waals surface area contributed by atoms with E-state index in [4.69, 9.17) is 28.7 Å². The van der Waals surface area contributed by atoms with Crippen molar-refractivity contribution in [3.05, 3.63) is 48.0 Å². The fraction of sp³-hybridized carbons (Fsp3) is 0.561. The number of phenolic OH excluding ortho intramolecular Hbond substituents is 1. The maximum atomic E-state index is 14.1. The molecule has 0 bridgehead atoms. The smallest absolute Gasteiger partial charge is 0.326 e. The number of nitrogens with two attached hydrogens (primary N) is 5. The predicted molar refractivity (Wildman–Crippen MR) is 237 cm³/mol. The lowest BCUT2D eigenvalue weighted by molar-refractivity contribution is -0.143. The van der Waals surface area contributed by atoms with Gasteiger partial charge in [0.15, 0.2) is 5.96 Å². The van der Waals surface area contributed by atoms with E-state index in [0.29, 0.717) is 43.5 Å². The first-order valence-electron chi connectivity index (χ1n) is 21.6. The number of rotatable bonds is 28. The van der Waals surface area contributed by atoms with Crippen LogP contribution in [-0.4, -0.2) is 151 Å². The standard InChI is InChI=1S/C41H64N14O11/c1-22(56)33(54-37(62)31-8-5-17-55(31)39(64)30(19-24-20-47-21-49-24)53-34(59)26(43)6-2-3-15-42)38(63)52-29(18-23-9-11-25(57)12-10-23)36(61)50-27(7-4-16-48-41(45)46)35(60)51-28(40(65)66)13-14-32(44)58/h9-12,20-22,26-31,33,56-57H,2-8,13-19,42-43H2,1H3,(H2,44,58)(H,47,49)(H,50,61)(H,51,60)(H,52,63)(H,53,59)(H,54,62)(H,65,66)(H4,45,46,48)/t22-,26+,27+,28+,29+,30+,31+,33+/m1/s1. The quantitative estimate of drug-likeness (QED) is 0.0217. The van der Waals surface area contributed by atoms with E-state index < -0.39 is 95.7 Å². The number of carboxylic acid groups (broad SMARTS) is 1. The lowest BCUT2D eigenvalue weighted by Crippen LogP contribution is -2.61. The van der Waals surface area contributed by atoms with Gasteiger partial charge in [-0.1, -0.05) is 18.6 Å². The van der Waals surface area contributed by atoms with Crippen molar-refractivity contribution in [3.63, 3.8) is 0 Å². The number of unbranched alkanes of at least 4 members (excludes halogenated alkanes) is 1. The topological polar surface area (TPSA) is 432 Å². The van der Waals surface area contributed by atoms with E-state index in [1.807, 2.05) is 0 Å². The maximum Gasteiger partial charge on any atom is 0.326 e. The Morgan fingerprint density at radius 1 is 0.833 bits per heavy atom. The Hall–Kier alpha value is -6.86. The second-order valence-corrected chi connectivity index (χ2v) is 16.0. The molecule has 0 spiro atoms.